The average Bonchev–Trinajstić information content (AvgIpc) is 3.20. The van der Waals surface area contributed by atoms with E-state index in [1.54, 1.807) is 18.2 Å². The Labute approximate surface area is 144 Å². The van der Waals surface area contributed by atoms with Crippen LogP contribution in [0, 0.1) is 11.6 Å². The Bertz CT molecular complexity index is 873. The molecule has 2 heterocycles. The molecular weight excluding hydrogens is 324 g/mol. The van der Waals surface area contributed by atoms with Gasteiger partial charge in [0.25, 0.3) is 5.91 Å². The molecule has 0 aliphatic carbocycles. The molecule has 2 aromatic rings. The minimum atomic E-state index is -0.409. The number of amides is 1. The van der Waals surface area contributed by atoms with Gasteiger partial charge in [0.05, 0.1) is 16.9 Å². The van der Waals surface area contributed by atoms with Gasteiger partial charge in [-0.1, -0.05) is 0 Å². The van der Waals surface area contributed by atoms with Gasteiger partial charge in [0.1, 0.15) is 11.6 Å². The lowest BCUT2D eigenvalue weighted by molar-refractivity contribution is -0.110. The first-order valence-corrected chi connectivity index (χ1v) is 8.24. The number of nitrogens with zero attached hydrogens (tertiary/aromatic N) is 1. The second kappa shape index (κ2) is 6.20. The van der Waals surface area contributed by atoms with E-state index < -0.39 is 5.82 Å². The van der Waals surface area contributed by atoms with Crippen LogP contribution in [0.4, 0.5) is 25.8 Å². The zero-order chi connectivity index (χ0) is 17.4. The van der Waals surface area contributed by atoms with Crippen molar-refractivity contribution < 1.29 is 13.6 Å². The molecule has 1 fully saturated rings. The Morgan fingerprint density at radius 1 is 1.08 bits per heavy atom. The number of benzene rings is 2. The predicted octanol–water partition coefficient (Wildman–Crippen LogP) is 3.97. The number of hydrogen-bond donors (Lipinski definition) is 2. The molecule has 0 atom stereocenters. The second-order valence-corrected chi connectivity index (χ2v) is 6.21. The van der Waals surface area contributed by atoms with Crippen LogP contribution in [0.15, 0.2) is 42.6 Å². The van der Waals surface area contributed by atoms with E-state index in [-0.39, 0.29) is 11.7 Å². The van der Waals surface area contributed by atoms with E-state index in [9.17, 15) is 13.6 Å². The van der Waals surface area contributed by atoms with Crippen molar-refractivity contribution in [3.05, 3.63) is 59.8 Å². The van der Waals surface area contributed by atoms with E-state index in [0.29, 0.717) is 28.2 Å². The highest BCUT2D eigenvalue weighted by molar-refractivity contribution is 6.31. The highest BCUT2D eigenvalue weighted by atomic mass is 19.1. The summed E-state index contributed by atoms with van der Waals surface area (Å²) in [5.74, 6) is -1.02. The molecule has 0 bridgehead atoms. The van der Waals surface area contributed by atoms with Crippen molar-refractivity contribution in [2.24, 2.45) is 0 Å². The SMILES string of the molecule is O=C1Nc2cc(F)ccc2C1=CNc1ccc(N2CCCC2)c(F)c1. The Hall–Kier alpha value is -2.89. The fraction of sp³-hybridized carbons (Fsp3) is 0.211. The van der Waals surface area contributed by atoms with Crippen LogP contribution in [0.25, 0.3) is 5.57 Å². The molecule has 4 rings (SSSR count). The third kappa shape index (κ3) is 2.95. The van der Waals surface area contributed by atoms with E-state index in [4.69, 9.17) is 0 Å². The van der Waals surface area contributed by atoms with Gasteiger partial charge < -0.3 is 15.5 Å². The lowest BCUT2D eigenvalue weighted by Gasteiger charge is -2.18. The summed E-state index contributed by atoms with van der Waals surface area (Å²) in [5, 5.41) is 5.57. The first kappa shape index (κ1) is 15.6. The summed E-state index contributed by atoms with van der Waals surface area (Å²) in [7, 11) is 0. The molecule has 128 valence electrons. The number of carbonyl (C=O) groups excluding carboxylic acids is 1. The van der Waals surface area contributed by atoms with Gasteiger partial charge in [-0.25, -0.2) is 8.78 Å². The van der Waals surface area contributed by atoms with Crippen LogP contribution in [-0.2, 0) is 4.79 Å². The smallest absolute Gasteiger partial charge is 0.257 e. The maximum atomic E-state index is 14.3. The van der Waals surface area contributed by atoms with Crippen molar-refractivity contribution in [2.75, 3.05) is 28.6 Å². The highest BCUT2D eigenvalue weighted by Gasteiger charge is 2.24. The largest absolute Gasteiger partial charge is 0.369 e. The minimum absolute atomic E-state index is 0.288. The molecule has 25 heavy (non-hydrogen) atoms. The molecule has 0 unspecified atom stereocenters. The zero-order valence-electron chi connectivity index (χ0n) is 13.5. The van der Waals surface area contributed by atoms with Gasteiger partial charge in [-0.15, -0.1) is 0 Å². The summed E-state index contributed by atoms with van der Waals surface area (Å²) < 4.78 is 27.6. The lowest BCUT2D eigenvalue weighted by atomic mass is 10.1. The van der Waals surface area contributed by atoms with Crippen molar-refractivity contribution in [2.45, 2.75) is 12.8 Å². The van der Waals surface area contributed by atoms with E-state index in [1.807, 2.05) is 4.90 Å². The van der Waals surface area contributed by atoms with Gasteiger partial charge in [-0.05, 0) is 49.2 Å². The number of hydrogen-bond acceptors (Lipinski definition) is 3. The van der Waals surface area contributed by atoms with Crippen molar-refractivity contribution >= 4 is 28.5 Å². The maximum Gasteiger partial charge on any atom is 0.257 e. The van der Waals surface area contributed by atoms with Gasteiger partial charge in [0.2, 0.25) is 0 Å². The summed E-state index contributed by atoms with van der Waals surface area (Å²) in [4.78, 5) is 14.1. The summed E-state index contributed by atoms with van der Waals surface area (Å²) in [6.07, 6.45) is 3.69. The summed E-state index contributed by atoms with van der Waals surface area (Å²) in [5.41, 5.74) is 2.60. The molecule has 6 heteroatoms. The molecule has 0 aromatic heterocycles. The standard InChI is InChI=1S/C19H17F2N3O/c20-12-3-5-14-15(19(25)23-17(14)9-12)11-22-13-4-6-18(16(21)10-13)24-7-1-2-8-24/h3-6,9-11,22H,1-2,7-8H2,(H,23,25). The van der Waals surface area contributed by atoms with Gasteiger partial charge in [-0.2, -0.15) is 0 Å². The van der Waals surface area contributed by atoms with Gasteiger partial charge >= 0.3 is 0 Å². The first-order valence-electron chi connectivity index (χ1n) is 8.24. The lowest BCUT2D eigenvalue weighted by Crippen LogP contribution is -2.18. The van der Waals surface area contributed by atoms with Crippen molar-refractivity contribution in [3.63, 3.8) is 0 Å². The third-order valence-electron chi connectivity index (χ3n) is 4.54. The maximum absolute atomic E-state index is 14.3. The predicted molar refractivity (Wildman–Crippen MR) is 94.5 cm³/mol. The number of fused-ring (bicyclic) bond motifs is 1. The molecule has 2 aliphatic heterocycles. The molecule has 4 nitrogen and oxygen atoms in total. The average molecular weight is 341 g/mol. The molecule has 2 N–H and O–H groups in total. The first-order chi connectivity index (χ1) is 12.1. The van der Waals surface area contributed by atoms with Crippen molar-refractivity contribution in [3.8, 4) is 0 Å². The van der Waals surface area contributed by atoms with Crippen LogP contribution in [-0.4, -0.2) is 19.0 Å². The molecule has 2 aliphatic rings. The van der Waals surface area contributed by atoms with E-state index >= 15 is 0 Å². The number of rotatable bonds is 3. The quantitative estimate of drug-likeness (QED) is 0.831. The fourth-order valence-electron chi connectivity index (χ4n) is 3.28. The zero-order valence-corrected chi connectivity index (χ0v) is 13.5. The number of anilines is 3. The molecular formula is C19H17F2N3O. The molecule has 0 spiro atoms. The Kier molecular flexibility index (Phi) is 3.87. The number of carbonyl (C=O) groups is 1. The van der Waals surface area contributed by atoms with Crippen molar-refractivity contribution in [1.82, 2.24) is 0 Å². The monoisotopic (exact) mass is 341 g/mol. The number of halogens is 2. The highest BCUT2D eigenvalue weighted by Crippen LogP contribution is 2.32. The van der Waals surface area contributed by atoms with E-state index in [0.717, 1.165) is 25.9 Å². The normalized spacial score (nSPS) is 17.8. The fourth-order valence-corrected chi connectivity index (χ4v) is 3.28. The minimum Gasteiger partial charge on any atom is -0.369 e. The molecule has 1 saturated heterocycles. The Balaban J connectivity index is 1.56. The van der Waals surface area contributed by atoms with Gasteiger partial charge in [0.15, 0.2) is 0 Å². The second-order valence-electron chi connectivity index (χ2n) is 6.21. The van der Waals surface area contributed by atoms with Crippen molar-refractivity contribution in [1.29, 1.82) is 0 Å². The molecule has 1 amide bonds. The van der Waals surface area contributed by atoms with Crippen LogP contribution < -0.4 is 15.5 Å². The summed E-state index contributed by atoms with van der Waals surface area (Å²) in [6.45, 7) is 1.75. The Morgan fingerprint density at radius 2 is 1.88 bits per heavy atom. The third-order valence-corrected chi connectivity index (χ3v) is 4.54. The van der Waals surface area contributed by atoms with Crippen LogP contribution in [0.2, 0.25) is 0 Å². The topological polar surface area (TPSA) is 44.4 Å². The van der Waals surface area contributed by atoms with E-state index in [1.165, 1.54) is 24.4 Å². The van der Waals surface area contributed by atoms with Gasteiger partial charge in [-0.3, -0.25) is 4.79 Å². The summed E-state index contributed by atoms with van der Waals surface area (Å²) >= 11 is 0. The molecule has 2 aromatic carbocycles. The van der Waals surface area contributed by atoms with Crippen LogP contribution in [0.5, 0.6) is 0 Å². The van der Waals surface area contributed by atoms with Crippen LogP contribution in [0.1, 0.15) is 18.4 Å². The van der Waals surface area contributed by atoms with E-state index in [2.05, 4.69) is 10.6 Å². The molecule has 0 radical (unpaired) electrons. The Morgan fingerprint density at radius 3 is 2.64 bits per heavy atom. The summed E-state index contributed by atoms with van der Waals surface area (Å²) in [6, 6.07) is 9.08. The number of nitrogens with one attached hydrogen (secondary N) is 2. The van der Waals surface area contributed by atoms with Gasteiger partial charge in [0, 0.05) is 30.5 Å². The van der Waals surface area contributed by atoms with Crippen LogP contribution in [0.3, 0.4) is 0 Å². The van der Waals surface area contributed by atoms with Crippen LogP contribution >= 0.6 is 0 Å². The molecule has 0 saturated carbocycles.